The molecule has 0 spiro atoms. The number of benzene rings is 1. The van der Waals surface area contributed by atoms with E-state index < -0.39 is 0 Å². The maximum absolute atomic E-state index is 13.7. The molecule has 0 aliphatic heterocycles. The molecule has 4 rings (SSSR count). The van der Waals surface area contributed by atoms with E-state index in [9.17, 15) is 4.39 Å². The molecule has 0 fully saturated rings. The summed E-state index contributed by atoms with van der Waals surface area (Å²) in [6, 6.07) is 8.46. The maximum Gasteiger partial charge on any atom is 0.181 e. The van der Waals surface area contributed by atoms with Gasteiger partial charge in [0.15, 0.2) is 5.65 Å². The molecule has 0 bridgehead atoms. The van der Waals surface area contributed by atoms with Gasteiger partial charge < -0.3 is 15.6 Å². The Morgan fingerprint density at radius 1 is 1.08 bits per heavy atom. The second-order valence-corrected chi connectivity index (χ2v) is 5.29. The van der Waals surface area contributed by atoms with Crippen molar-refractivity contribution < 1.29 is 4.39 Å². The summed E-state index contributed by atoms with van der Waals surface area (Å²) in [4.78, 5) is 20.1. The molecule has 4 aromatic rings. The Morgan fingerprint density at radius 2 is 2.00 bits per heavy atom. The van der Waals surface area contributed by atoms with Crippen LogP contribution < -0.4 is 10.6 Å². The molecule has 3 heterocycles. The van der Waals surface area contributed by atoms with E-state index in [0.29, 0.717) is 28.5 Å². The van der Waals surface area contributed by atoms with Crippen LogP contribution in [0.2, 0.25) is 0 Å². The van der Waals surface area contributed by atoms with Gasteiger partial charge in [0, 0.05) is 24.5 Å². The first-order valence-electron chi connectivity index (χ1n) is 7.60. The highest BCUT2D eigenvalue weighted by Crippen LogP contribution is 2.31. The molecule has 0 aliphatic rings. The average Bonchev–Trinajstić information content (AvgIpc) is 3.12. The molecular weight excluding hydrogens is 321 g/mol. The van der Waals surface area contributed by atoms with Crippen molar-refractivity contribution in [2.45, 2.75) is 0 Å². The van der Waals surface area contributed by atoms with Gasteiger partial charge in [-0.05, 0) is 30.3 Å². The quantitative estimate of drug-likeness (QED) is 0.530. The largest absolute Gasteiger partial charge is 0.386 e. The number of fused-ring (bicyclic) bond motifs is 1. The smallest absolute Gasteiger partial charge is 0.181 e. The molecule has 0 unspecified atom stereocenters. The Kier molecular flexibility index (Phi) is 3.70. The van der Waals surface area contributed by atoms with Gasteiger partial charge in [-0.1, -0.05) is 0 Å². The zero-order valence-corrected chi connectivity index (χ0v) is 13.3. The molecule has 0 saturated carbocycles. The van der Waals surface area contributed by atoms with Crippen LogP contribution in [0.3, 0.4) is 0 Å². The SMILES string of the molecule is CNc1cc(Nc2ncccc2-c2ncnc3nc[nH]c23)ccc1F. The lowest BCUT2D eigenvalue weighted by Crippen LogP contribution is -2.00. The van der Waals surface area contributed by atoms with Gasteiger partial charge in [0.1, 0.15) is 29.2 Å². The third-order valence-electron chi connectivity index (χ3n) is 3.78. The predicted molar refractivity (Wildman–Crippen MR) is 94.1 cm³/mol. The van der Waals surface area contributed by atoms with Gasteiger partial charge in [-0.3, -0.25) is 0 Å². The Balaban J connectivity index is 1.79. The zero-order chi connectivity index (χ0) is 17.2. The van der Waals surface area contributed by atoms with Crippen LogP contribution in [0, 0.1) is 5.82 Å². The van der Waals surface area contributed by atoms with Crippen LogP contribution in [0.5, 0.6) is 0 Å². The van der Waals surface area contributed by atoms with Crippen LogP contribution in [0.15, 0.2) is 49.2 Å². The topological polar surface area (TPSA) is 91.4 Å². The second-order valence-electron chi connectivity index (χ2n) is 5.29. The molecule has 0 amide bonds. The van der Waals surface area contributed by atoms with Gasteiger partial charge in [0.05, 0.1) is 12.0 Å². The number of aromatic amines is 1. The molecule has 0 saturated heterocycles. The summed E-state index contributed by atoms with van der Waals surface area (Å²) in [5, 5.41) is 6.04. The van der Waals surface area contributed by atoms with Gasteiger partial charge in [0.2, 0.25) is 0 Å². The van der Waals surface area contributed by atoms with E-state index in [1.54, 1.807) is 31.7 Å². The van der Waals surface area contributed by atoms with Crippen molar-refractivity contribution in [2.75, 3.05) is 17.7 Å². The number of nitrogens with one attached hydrogen (secondary N) is 3. The molecule has 25 heavy (non-hydrogen) atoms. The van der Waals surface area contributed by atoms with Gasteiger partial charge in [-0.25, -0.2) is 24.3 Å². The number of H-pyrrole nitrogens is 1. The number of aromatic nitrogens is 5. The molecule has 0 radical (unpaired) electrons. The first kappa shape index (κ1) is 15.0. The predicted octanol–water partition coefficient (Wildman–Crippen LogP) is 3.34. The Morgan fingerprint density at radius 3 is 2.88 bits per heavy atom. The third kappa shape index (κ3) is 2.74. The Labute approximate surface area is 142 Å². The van der Waals surface area contributed by atoms with Gasteiger partial charge in [-0.2, -0.15) is 0 Å². The fraction of sp³-hybridized carbons (Fsp3) is 0.0588. The Bertz CT molecular complexity index is 1040. The standard InChI is InChI=1S/C17H14FN7/c1-19-13-7-10(4-5-12(13)18)25-16-11(3-2-6-20-16)14-15-17(23-8-21-14)24-9-22-15/h2-9,19H,1H3,(H,20,25)(H,21,22,23,24). The van der Waals surface area contributed by atoms with Crippen molar-refractivity contribution in [3.8, 4) is 11.3 Å². The lowest BCUT2D eigenvalue weighted by molar-refractivity contribution is 0.631. The minimum absolute atomic E-state index is 0.315. The summed E-state index contributed by atoms with van der Waals surface area (Å²) in [7, 11) is 1.67. The number of hydrogen-bond acceptors (Lipinski definition) is 6. The van der Waals surface area contributed by atoms with Crippen molar-refractivity contribution in [1.29, 1.82) is 0 Å². The summed E-state index contributed by atoms with van der Waals surface area (Å²) in [6.07, 6.45) is 4.72. The van der Waals surface area contributed by atoms with Crippen LogP contribution >= 0.6 is 0 Å². The lowest BCUT2D eigenvalue weighted by Gasteiger charge is -2.12. The molecule has 124 valence electrons. The highest BCUT2D eigenvalue weighted by Gasteiger charge is 2.13. The van der Waals surface area contributed by atoms with Crippen molar-refractivity contribution in [3.63, 3.8) is 0 Å². The Hall–Kier alpha value is -3.55. The highest BCUT2D eigenvalue weighted by molar-refractivity contribution is 5.91. The summed E-state index contributed by atoms with van der Waals surface area (Å²) in [5.74, 6) is 0.287. The van der Waals surface area contributed by atoms with Gasteiger partial charge in [-0.15, -0.1) is 0 Å². The first-order valence-corrected chi connectivity index (χ1v) is 7.60. The number of rotatable bonds is 4. The van der Waals surface area contributed by atoms with Gasteiger partial charge in [0.25, 0.3) is 0 Å². The van der Waals surface area contributed by atoms with E-state index in [-0.39, 0.29) is 5.82 Å². The lowest BCUT2D eigenvalue weighted by atomic mass is 10.1. The van der Waals surface area contributed by atoms with E-state index in [1.165, 1.54) is 12.4 Å². The van der Waals surface area contributed by atoms with Gasteiger partial charge >= 0.3 is 0 Å². The molecule has 3 aromatic heterocycles. The van der Waals surface area contributed by atoms with Crippen LogP contribution in [0.4, 0.5) is 21.6 Å². The molecule has 3 N–H and O–H groups in total. The number of pyridine rings is 1. The van der Waals surface area contributed by atoms with Crippen LogP contribution in [0.25, 0.3) is 22.4 Å². The molecule has 7 nitrogen and oxygen atoms in total. The zero-order valence-electron chi connectivity index (χ0n) is 13.3. The summed E-state index contributed by atoms with van der Waals surface area (Å²) >= 11 is 0. The fourth-order valence-electron chi connectivity index (χ4n) is 2.60. The number of halogens is 1. The van der Waals surface area contributed by atoms with E-state index in [1.807, 2.05) is 12.1 Å². The first-order chi connectivity index (χ1) is 12.3. The number of anilines is 3. The van der Waals surface area contributed by atoms with E-state index in [0.717, 1.165) is 11.1 Å². The molecule has 1 aromatic carbocycles. The third-order valence-corrected chi connectivity index (χ3v) is 3.78. The van der Waals surface area contributed by atoms with E-state index in [4.69, 9.17) is 0 Å². The average molecular weight is 335 g/mol. The summed E-state index contributed by atoms with van der Waals surface area (Å²) in [6.45, 7) is 0. The normalized spacial score (nSPS) is 10.8. The van der Waals surface area contributed by atoms with Crippen LogP contribution in [0.1, 0.15) is 0 Å². The highest BCUT2D eigenvalue weighted by atomic mass is 19.1. The van der Waals surface area contributed by atoms with Crippen molar-refractivity contribution in [1.82, 2.24) is 24.9 Å². The van der Waals surface area contributed by atoms with Crippen LogP contribution in [-0.4, -0.2) is 32.0 Å². The van der Waals surface area contributed by atoms with Crippen LogP contribution in [-0.2, 0) is 0 Å². The molecule has 0 aliphatic carbocycles. The molecular formula is C17H14FN7. The van der Waals surface area contributed by atoms with E-state index in [2.05, 4.69) is 35.6 Å². The minimum atomic E-state index is -0.315. The van der Waals surface area contributed by atoms with E-state index >= 15 is 0 Å². The van der Waals surface area contributed by atoms with Crippen molar-refractivity contribution >= 4 is 28.4 Å². The molecule has 0 atom stereocenters. The monoisotopic (exact) mass is 335 g/mol. The summed E-state index contributed by atoms with van der Waals surface area (Å²) < 4.78 is 13.7. The maximum atomic E-state index is 13.7. The minimum Gasteiger partial charge on any atom is -0.386 e. The fourth-order valence-corrected chi connectivity index (χ4v) is 2.60. The van der Waals surface area contributed by atoms with Crippen molar-refractivity contribution in [2.24, 2.45) is 0 Å². The van der Waals surface area contributed by atoms with Crippen molar-refractivity contribution in [3.05, 3.63) is 55.0 Å². The summed E-state index contributed by atoms with van der Waals surface area (Å²) in [5.41, 5.74) is 3.90. The molecule has 8 heteroatoms. The number of imidazole rings is 1. The second kappa shape index (κ2) is 6.16. The number of nitrogens with zero attached hydrogens (tertiary/aromatic N) is 4. The number of hydrogen-bond donors (Lipinski definition) is 3.